The van der Waals surface area contributed by atoms with Crippen molar-refractivity contribution in [2.24, 2.45) is 0 Å². The van der Waals surface area contributed by atoms with Crippen LogP contribution in [0.2, 0.25) is 0 Å². The van der Waals surface area contributed by atoms with Gasteiger partial charge in [0, 0.05) is 30.1 Å². The van der Waals surface area contributed by atoms with Crippen LogP contribution in [-0.4, -0.2) is 24.0 Å². The van der Waals surface area contributed by atoms with E-state index in [4.69, 9.17) is 4.74 Å². The Kier molecular flexibility index (Phi) is 5.95. The van der Waals surface area contributed by atoms with E-state index in [1.54, 1.807) is 18.3 Å². The lowest BCUT2D eigenvalue weighted by molar-refractivity contribution is 0.0986. The third-order valence-electron chi connectivity index (χ3n) is 3.32. The summed E-state index contributed by atoms with van der Waals surface area (Å²) in [7, 11) is 0. The molecule has 0 fully saturated rings. The zero-order valence-electron chi connectivity index (χ0n) is 13.2. The predicted molar refractivity (Wildman–Crippen MR) is 88.4 cm³/mol. The summed E-state index contributed by atoms with van der Waals surface area (Å²) in [4.78, 5) is 18.8. The first-order valence-corrected chi connectivity index (χ1v) is 7.72. The minimum atomic E-state index is -0.0250. The van der Waals surface area contributed by atoms with Crippen LogP contribution < -0.4 is 9.64 Å². The summed E-state index contributed by atoms with van der Waals surface area (Å²) in [5, 5.41) is 0. The van der Waals surface area contributed by atoms with Gasteiger partial charge in [-0.2, -0.15) is 0 Å². The first-order chi connectivity index (χ1) is 10.8. The molecule has 0 aliphatic carbocycles. The van der Waals surface area contributed by atoms with Crippen molar-refractivity contribution in [3.63, 3.8) is 0 Å². The van der Waals surface area contributed by atoms with Gasteiger partial charge >= 0.3 is 0 Å². The fourth-order valence-electron chi connectivity index (χ4n) is 2.20. The van der Waals surface area contributed by atoms with Crippen LogP contribution in [-0.2, 0) is 0 Å². The predicted octanol–water partition coefficient (Wildman–Crippen LogP) is 3.93. The summed E-state index contributed by atoms with van der Waals surface area (Å²) in [5.41, 5.74) is 1.51. The van der Waals surface area contributed by atoms with Crippen molar-refractivity contribution < 1.29 is 9.53 Å². The van der Waals surface area contributed by atoms with E-state index in [1.807, 2.05) is 42.2 Å². The normalized spacial score (nSPS) is 10.3. The Morgan fingerprint density at radius 2 is 1.95 bits per heavy atom. The number of carbonyl (C=O) groups excluding carboxylic acids is 1. The number of para-hydroxylation sites is 1. The molecular weight excluding hydrogens is 276 g/mol. The fourth-order valence-corrected chi connectivity index (χ4v) is 2.20. The molecule has 2 rings (SSSR count). The summed E-state index contributed by atoms with van der Waals surface area (Å²) in [6, 6.07) is 13.2. The fraction of sp³-hybridized carbons (Fsp3) is 0.333. The van der Waals surface area contributed by atoms with Gasteiger partial charge in [0.05, 0.1) is 6.61 Å². The van der Waals surface area contributed by atoms with Gasteiger partial charge in [-0.05, 0) is 31.5 Å². The van der Waals surface area contributed by atoms with E-state index in [1.165, 1.54) is 0 Å². The van der Waals surface area contributed by atoms with Gasteiger partial charge < -0.3 is 9.64 Å². The lowest BCUT2D eigenvalue weighted by Crippen LogP contribution is -2.31. The number of hydrogen-bond acceptors (Lipinski definition) is 3. The van der Waals surface area contributed by atoms with Crippen LogP contribution in [0.25, 0.3) is 0 Å². The number of anilines is 1. The standard InChI is InChI=1S/C18H22N2O2/c1-3-5-13-20(16-9-7-6-8-10-16)18(21)15-11-12-19-17(14-15)22-4-2/h6-12,14H,3-5,13H2,1-2H3. The number of benzene rings is 1. The molecule has 22 heavy (non-hydrogen) atoms. The summed E-state index contributed by atoms with van der Waals surface area (Å²) < 4.78 is 5.38. The van der Waals surface area contributed by atoms with Crippen molar-refractivity contribution in [3.8, 4) is 5.88 Å². The van der Waals surface area contributed by atoms with E-state index < -0.39 is 0 Å². The molecule has 2 aromatic rings. The van der Waals surface area contributed by atoms with Gasteiger partial charge in [-0.25, -0.2) is 4.98 Å². The number of rotatable bonds is 7. The molecule has 0 bridgehead atoms. The molecule has 0 saturated carbocycles. The molecule has 4 heteroatoms. The van der Waals surface area contributed by atoms with Crippen molar-refractivity contribution >= 4 is 11.6 Å². The number of nitrogens with zero attached hydrogens (tertiary/aromatic N) is 2. The van der Waals surface area contributed by atoms with E-state index in [-0.39, 0.29) is 5.91 Å². The van der Waals surface area contributed by atoms with E-state index in [9.17, 15) is 4.79 Å². The monoisotopic (exact) mass is 298 g/mol. The second-order valence-electron chi connectivity index (χ2n) is 4.96. The Morgan fingerprint density at radius 3 is 2.64 bits per heavy atom. The maximum atomic E-state index is 12.9. The molecule has 0 N–H and O–H groups in total. The second-order valence-corrected chi connectivity index (χ2v) is 4.96. The lowest BCUT2D eigenvalue weighted by atomic mass is 10.2. The number of hydrogen-bond donors (Lipinski definition) is 0. The Balaban J connectivity index is 2.27. The summed E-state index contributed by atoms with van der Waals surface area (Å²) in [6.45, 7) is 5.25. The average molecular weight is 298 g/mol. The average Bonchev–Trinajstić information content (AvgIpc) is 2.56. The molecule has 0 saturated heterocycles. The summed E-state index contributed by atoms with van der Waals surface area (Å²) >= 11 is 0. The van der Waals surface area contributed by atoms with E-state index >= 15 is 0 Å². The molecule has 1 amide bonds. The zero-order chi connectivity index (χ0) is 15.8. The van der Waals surface area contributed by atoms with Crippen LogP contribution in [0.1, 0.15) is 37.0 Å². The highest BCUT2D eigenvalue weighted by Gasteiger charge is 2.17. The van der Waals surface area contributed by atoms with Gasteiger partial charge in [-0.1, -0.05) is 31.5 Å². The molecule has 0 unspecified atom stereocenters. The molecule has 4 nitrogen and oxygen atoms in total. The molecule has 1 aromatic carbocycles. The number of amides is 1. The molecule has 1 heterocycles. The topological polar surface area (TPSA) is 42.4 Å². The van der Waals surface area contributed by atoms with Gasteiger partial charge in [0.25, 0.3) is 5.91 Å². The quantitative estimate of drug-likeness (QED) is 0.778. The van der Waals surface area contributed by atoms with E-state index in [0.29, 0.717) is 24.6 Å². The third kappa shape index (κ3) is 4.07. The van der Waals surface area contributed by atoms with Crippen molar-refractivity contribution in [3.05, 3.63) is 54.2 Å². The van der Waals surface area contributed by atoms with Crippen LogP contribution in [0.5, 0.6) is 5.88 Å². The highest BCUT2D eigenvalue weighted by atomic mass is 16.5. The maximum absolute atomic E-state index is 12.9. The lowest BCUT2D eigenvalue weighted by Gasteiger charge is -2.23. The number of pyridine rings is 1. The van der Waals surface area contributed by atoms with E-state index in [0.717, 1.165) is 18.5 Å². The molecular formula is C18H22N2O2. The van der Waals surface area contributed by atoms with Gasteiger partial charge in [-0.15, -0.1) is 0 Å². The molecule has 0 aliphatic heterocycles. The van der Waals surface area contributed by atoms with E-state index in [2.05, 4.69) is 11.9 Å². The summed E-state index contributed by atoms with van der Waals surface area (Å²) in [6.07, 6.45) is 3.61. The number of unbranched alkanes of at least 4 members (excludes halogenated alkanes) is 1. The third-order valence-corrected chi connectivity index (χ3v) is 3.32. The molecule has 0 radical (unpaired) electrons. The second kappa shape index (κ2) is 8.17. The summed E-state index contributed by atoms with van der Waals surface area (Å²) in [5.74, 6) is 0.458. The Hall–Kier alpha value is -2.36. The number of aromatic nitrogens is 1. The first kappa shape index (κ1) is 16.0. The van der Waals surface area contributed by atoms with Crippen molar-refractivity contribution in [1.82, 2.24) is 4.98 Å². The van der Waals surface area contributed by atoms with Gasteiger partial charge in [0.1, 0.15) is 0 Å². The maximum Gasteiger partial charge on any atom is 0.258 e. The smallest absolute Gasteiger partial charge is 0.258 e. The largest absolute Gasteiger partial charge is 0.478 e. The van der Waals surface area contributed by atoms with Gasteiger partial charge in [0.2, 0.25) is 5.88 Å². The number of ether oxygens (including phenoxy) is 1. The van der Waals surface area contributed by atoms with Gasteiger partial charge in [0.15, 0.2) is 0 Å². The molecule has 116 valence electrons. The van der Waals surface area contributed by atoms with Crippen molar-refractivity contribution in [2.75, 3.05) is 18.1 Å². The minimum absolute atomic E-state index is 0.0250. The Labute approximate surface area is 131 Å². The van der Waals surface area contributed by atoms with Crippen LogP contribution in [0.15, 0.2) is 48.7 Å². The SMILES string of the molecule is CCCCN(C(=O)c1ccnc(OCC)c1)c1ccccc1. The number of carbonyl (C=O) groups is 1. The molecule has 0 aliphatic rings. The van der Waals surface area contributed by atoms with Gasteiger partial charge in [-0.3, -0.25) is 4.79 Å². The molecule has 0 spiro atoms. The zero-order valence-corrected chi connectivity index (χ0v) is 13.2. The van der Waals surface area contributed by atoms with Crippen LogP contribution >= 0.6 is 0 Å². The van der Waals surface area contributed by atoms with Crippen LogP contribution in [0, 0.1) is 0 Å². The highest BCUT2D eigenvalue weighted by Crippen LogP contribution is 2.19. The molecule has 0 atom stereocenters. The first-order valence-electron chi connectivity index (χ1n) is 7.72. The van der Waals surface area contributed by atoms with Crippen molar-refractivity contribution in [1.29, 1.82) is 0 Å². The minimum Gasteiger partial charge on any atom is -0.478 e. The van der Waals surface area contributed by atoms with Crippen LogP contribution in [0.4, 0.5) is 5.69 Å². The molecule has 1 aromatic heterocycles. The highest BCUT2D eigenvalue weighted by molar-refractivity contribution is 6.06. The van der Waals surface area contributed by atoms with Crippen LogP contribution in [0.3, 0.4) is 0 Å². The Bertz CT molecular complexity index is 599. The Morgan fingerprint density at radius 1 is 1.18 bits per heavy atom. The van der Waals surface area contributed by atoms with Crippen molar-refractivity contribution in [2.45, 2.75) is 26.7 Å².